The zero-order valence-electron chi connectivity index (χ0n) is 14.0. The number of hydrogen-bond donors (Lipinski definition) is 2. The first-order chi connectivity index (χ1) is 11.4. The topological polar surface area (TPSA) is 104 Å². The molecule has 1 aromatic heterocycles. The summed E-state index contributed by atoms with van der Waals surface area (Å²) in [5, 5.41) is 3.30. The minimum absolute atomic E-state index is 0.0284. The molecule has 0 saturated heterocycles. The summed E-state index contributed by atoms with van der Waals surface area (Å²) in [7, 11) is 0. The molecule has 2 aromatic rings. The zero-order valence-corrected chi connectivity index (χ0v) is 14.0. The zero-order chi connectivity index (χ0) is 17.7. The molecule has 1 heterocycles. The Morgan fingerprint density at radius 3 is 2.75 bits per heavy atom. The predicted octanol–water partition coefficient (Wildman–Crippen LogP) is 2.36. The van der Waals surface area contributed by atoms with E-state index in [9.17, 15) is 9.59 Å². The van der Waals surface area contributed by atoms with Crippen LogP contribution in [0.25, 0.3) is 10.9 Å². The average Bonchev–Trinajstić information content (AvgIpc) is 2.54. The molecule has 0 spiro atoms. The molecule has 0 radical (unpaired) electrons. The number of anilines is 2. The smallest absolute Gasteiger partial charge is 0.341 e. The van der Waals surface area contributed by atoms with Gasteiger partial charge in [-0.2, -0.15) is 0 Å². The highest BCUT2D eigenvalue weighted by molar-refractivity contribution is 6.05. The van der Waals surface area contributed by atoms with Crippen LogP contribution in [0.15, 0.2) is 24.4 Å². The van der Waals surface area contributed by atoms with Gasteiger partial charge in [0.05, 0.1) is 23.9 Å². The monoisotopic (exact) mass is 331 g/mol. The van der Waals surface area contributed by atoms with Crippen molar-refractivity contribution in [2.45, 2.75) is 26.9 Å². The van der Waals surface area contributed by atoms with Crippen LogP contribution >= 0.6 is 0 Å². The summed E-state index contributed by atoms with van der Waals surface area (Å²) in [6, 6.07) is 5.11. The van der Waals surface area contributed by atoms with E-state index < -0.39 is 5.97 Å². The van der Waals surface area contributed by atoms with E-state index in [1.807, 2.05) is 13.8 Å². The number of pyridine rings is 1. The number of rotatable bonds is 6. The highest BCUT2D eigenvalue weighted by atomic mass is 16.5. The summed E-state index contributed by atoms with van der Waals surface area (Å²) in [5.74, 6) is -0.791. The second-order valence-electron chi connectivity index (χ2n) is 5.45. The summed E-state index contributed by atoms with van der Waals surface area (Å²) in [4.78, 5) is 27.9. The number of nitrogens with one attached hydrogen (secondary N) is 1. The number of nitrogens with zero attached hydrogens (tertiary/aromatic N) is 1. The molecule has 1 aromatic carbocycles. The number of aromatic nitrogens is 1. The Morgan fingerprint density at radius 2 is 2.08 bits per heavy atom. The molecule has 0 saturated carbocycles. The van der Waals surface area contributed by atoms with Crippen LogP contribution in [0.1, 0.15) is 31.1 Å². The Hall–Kier alpha value is -2.67. The quantitative estimate of drug-likeness (QED) is 0.788. The van der Waals surface area contributed by atoms with Gasteiger partial charge < -0.3 is 20.5 Å². The van der Waals surface area contributed by atoms with E-state index >= 15 is 0 Å². The highest BCUT2D eigenvalue weighted by Crippen LogP contribution is 2.26. The Kier molecular flexibility index (Phi) is 5.70. The lowest BCUT2D eigenvalue weighted by Gasteiger charge is -2.11. The number of carbonyl (C=O) groups is 2. The van der Waals surface area contributed by atoms with Crippen LogP contribution in [0.2, 0.25) is 0 Å². The number of ether oxygens (including phenoxy) is 2. The van der Waals surface area contributed by atoms with E-state index in [0.717, 1.165) is 0 Å². The van der Waals surface area contributed by atoms with E-state index in [0.29, 0.717) is 16.6 Å². The Morgan fingerprint density at radius 1 is 1.33 bits per heavy atom. The molecule has 24 heavy (non-hydrogen) atoms. The lowest BCUT2D eigenvalue weighted by molar-refractivity contribution is -0.121. The number of amides is 1. The van der Waals surface area contributed by atoms with Crippen molar-refractivity contribution in [3.63, 3.8) is 0 Å². The molecule has 0 bridgehead atoms. The molecule has 7 heteroatoms. The van der Waals surface area contributed by atoms with Gasteiger partial charge in [0.25, 0.3) is 0 Å². The normalized spacial score (nSPS) is 10.8. The first-order valence-electron chi connectivity index (χ1n) is 7.69. The Balaban J connectivity index is 2.27. The summed E-state index contributed by atoms with van der Waals surface area (Å²) < 4.78 is 10.2. The number of fused-ring (bicyclic) bond motifs is 1. The van der Waals surface area contributed by atoms with Crippen LogP contribution in [0.4, 0.5) is 11.4 Å². The van der Waals surface area contributed by atoms with E-state index in [1.54, 1.807) is 25.1 Å². The van der Waals surface area contributed by atoms with Crippen LogP contribution in [-0.4, -0.2) is 36.2 Å². The maximum absolute atomic E-state index is 11.9. The van der Waals surface area contributed by atoms with Crippen molar-refractivity contribution >= 4 is 34.2 Å². The van der Waals surface area contributed by atoms with Crippen molar-refractivity contribution < 1.29 is 19.1 Å². The number of hydrogen-bond acceptors (Lipinski definition) is 6. The van der Waals surface area contributed by atoms with Crippen molar-refractivity contribution in [1.29, 1.82) is 0 Å². The van der Waals surface area contributed by atoms with E-state index in [1.165, 1.54) is 6.20 Å². The maximum atomic E-state index is 11.9. The molecule has 3 N–H and O–H groups in total. The molecule has 0 aliphatic rings. The third-order valence-electron chi connectivity index (χ3n) is 3.24. The second kappa shape index (κ2) is 7.74. The first-order valence-corrected chi connectivity index (χ1v) is 7.69. The predicted molar refractivity (Wildman–Crippen MR) is 91.8 cm³/mol. The van der Waals surface area contributed by atoms with Crippen LogP contribution in [0.3, 0.4) is 0 Å². The molecule has 128 valence electrons. The van der Waals surface area contributed by atoms with Crippen molar-refractivity contribution in [1.82, 2.24) is 4.98 Å². The van der Waals surface area contributed by atoms with E-state index in [2.05, 4.69) is 10.3 Å². The molecule has 7 nitrogen and oxygen atoms in total. The van der Waals surface area contributed by atoms with Crippen molar-refractivity contribution in [3.05, 3.63) is 30.0 Å². The molecule has 0 atom stereocenters. The summed E-state index contributed by atoms with van der Waals surface area (Å²) >= 11 is 0. The average molecular weight is 331 g/mol. The van der Waals surface area contributed by atoms with Gasteiger partial charge in [0, 0.05) is 17.3 Å². The fraction of sp³-hybridized carbons (Fsp3) is 0.353. The minimum atomic E-state index is -0.524. The van der Waals surface area contributed by atoms with Crippen LogP contribution in [0.5, 0.6) is 0 Å². The van der Waals surface area contributed by atoms with E-state index in [4.69, 9.17) is 15.2 Å². The third kappa shape index (κ3) is 4.20. The van der Waals surface area contributed by atoms with Gasteiger partial charge in [-0.3, -0.25) is 9.78 Å². The molecule has 0 aliphatic carbocycles. The van der Waals surface area contributed by atoms with Gasteiger partial charge in [0.15, 0.2) is 0 Å². The van der Waals surface area contributed by atoms with Crippen molar-refractivity contribution in [2.75, 3.05) is 24.3 Å². The summed E-state index contributed by atoms with van der Waals surface area (Å²) in [5.41, 5.74) is 7.72. The molecule has 0 aliphatic heterocycles. The van der Waals surface area contributed by atoms with Gasteiger partial charge in [-0.05, 0) is 39.0 Å². The molecular weight excluding hydrogens is 310 g/mol. The van der Waals surface area contributed by atoms with Crippen molar-refractivity contribution in [2.24, 2.45) is 0 Å². The lowest BCUT2D eigenvalue weighted by Crippen LogP contribution is -2.20. The number of nitrogens with two attached hydrogens (primary N) is 1. The molecule has 1 amide bonds. The van der Waals surface area contributed by atoms with Gasteiger partial charge in [-0.25, -0.2) is 4.79 Å². The Labute approximate surface area is 140 Å². The standard InChI is InChI=1S/C17H21N3O4/c1-4-23-17(22)13-8-19-14-6-5-11(7-12(14)16(13)18)20-15(21)9-24-10(2)3/h5-8,10H,4,9H2,1-3H3,(H2,18,19)(H,20,21). The number of carbonyl (C=O) groups excluding carboxylic acids is 2. The van der Waals surface area contributed by atoms with Gasteiger partial charge >= 0.3 is 5.97 Å². The number of esters is 1. The SMILES string of the molecule is CCOC(=O)c1cnc2ccc(NC(=O)COC(C)C)cc2c1N. The minimum Gasteiger partial charge on any atom is -0.462 e. The molecular formula is C17H21N3O4. The van der Waals surface area contributed by atoms with Gasteiger partial charge in [0.2, 0.25) is 5.91 Å². The van der Waals surface area contributed by atoms with Crippen LogP contribution in [0, 0.1) is 0 Å². The first kappa shape index (κ1) is 17.7. The van der Waals surface area contributed by atoms with Gasteiger partial charge in [-0.1, -0.05) is 0 Å². The molecule has 0 fully saturated rings. The second-order valence-corrected chi connectivity index (χ2v) is 5.45. The van der Waals surface area contributed by atoms with Crippen LogP contribution in [-0.2, 0) is 14.3 Å². The third-order valence-corrected chi connectivity index (χ3v) is 3.24. The lowest BCUT2D eigenvalue weighted by atomic mass is 10.1. The number of nitrogen functional groups attached to an aromatic ring is 1. The number of benzene rings is 1. The summed E-state index contributed by atoms with van der Waals surface area (Å²) in [6.45, 7) is 5.64. The molecule has 2 rings (SSSR count). The van der Waals surface area contributed by atoms with Crippen molar-refractivity contribution in [3.8, 4) is 0 Å². The largest absolute Gasteiger partial charge is 0.462 e. The van der Waals surface area contributed by atoms with Gasteiger partial charge in [0.1, 0.15) is 12.2 Å². The molecule has 0 unspecified atom stereocenters. The summed E-state index contributed by atoms with van der Waals surface area (Å²) in [6.07, 6.45) is 1.36. The maximum Gasteiger partial charge on any atom is 0.341 e. The Bertz CT molecular complexity index is 759. The van der Waals surface area contributed by atoms with Gasteiger partial charge in [-0.15, -0.1) is 0 Å². The fourth-order valence-corrected chi connectivity index (χ4v) is 2.10. The van der Waals surface area contributed by atoms with Crippen LogP contribution < -0.4 is 11.1 Å². The fourth-order valence-electron chi connectivity index (χ4n) is 2.10. The van der Waals surface area contributed by atoms with E-state index in [-0.39, 0.29) is 36.5 Å². The highest BCUT2D eigenvalue weighted by Gasteiger charge is 2.15.